The normalized spacial score (nSPS) is 10.9. The zero-order valence-corrected chi connectivity index (χ0v) is 18.3. The number of imidazole rings is 1. The molecular formula is C20H22BClFN5O4. The fraction of sp³-hybridized carbons (Fsp3) is 0.250. The number of aryl methyl sites for hydroxylation is 1. The second kappa shape index (κ2) is 10.4. The number of benzene rings is 2. The number of amides is 2. The summed E-state index contributed by atoms with van der Waals surface area (Å²) in [7, 11) is 3.57. The molecule has 0 fully saturated rings. The lowest BCUT2D eigenvalue weighted by molar-refractivity contribution is -0.129. The van der Waals surface area contributed by atoms with Crippen LogP contribution in [0, 0.1) is 5.82 Å². The first-order valence-corrected chi connectivity index (χ1v) is 10.2. The van der Waals surface area contributed by atoms with Crippen LogP contribution in [0.2, 0.25) is 5.02 Å². The summed E-state index contributed by atoms with van der Waals surface area (Å²) < 4.78 is 16.9. The average Bonchev–Trinajstić information content (AvgIpc) is 3.14. The Morgan fingerprint density at radius 1 is 1.31 bits per heavy atom. The van der Waals surface area contributed by atoms with Gasteiger partial charge in [-0.2, -0.15) is 0 Å². The maximum absolute atomic E-state index is 15.3. The van der Waals surface area contributed by atoms with Crippen LogP contribution in [0.25, 0.3) is 11.0 Å². The molecule has 0 aliphatic carbocycles. The topological polar surface area (TPSA) is 118 Å². The molecule has 0 radical (unpaired) electrons. The minimum absolute atomic E-state index is 0.00917. The van der Waals surface area contributed by atoms with Crippen molar-refractivity contribution >= 4 is 59.1 Å². The van der Waals surface area contributed by atoms with E-state index in [4.69, 9.17) is 21.6 Å². The fourth-order valence-corrected chi connectivity index (χ4v) is 3.35. The van der Waals surface area contributed by atoms with Gasteiger partial charge in [0.1, 0.15) is 13.4 Å². The van der Waals surface area contributed by atoms with Crippen molar-refractivity contribution in [3.05, 3.63) is 47.0 Å². The van der Waals surface area contributed by atoms with E-state index in [1.807, 2.05) is 13.9 Å². The molecular weight excluding hydrogens is 440 g/mol. The Morgan fingerprint density at radius 2 is 2.09 bits per heavy atom. The van der Waals surface area contributed by atoms with Crippen molar-refractivity contribution in [2.75, 3.05) is 11.9 Å². The monoisotopic (exact) mass is 461 g/mol. The van der Waals surface area contributed by atoms with E-state index in [1.54, 1.807) is 29.2 Å². The van der Waals surface area contributed by atoms with Crippen LogP contribution < -0.4 is 21.7 Å². The summed E-state index contributed by atoms with van der Waals surface area (Å²) in [5.41, 5.74) is 5.68. The molecule has 2 aromatic carbocycles. The van der Waals surface area contributed by atoms with Gasteiger partial charge < -0.3 is 9.88 Å². The lowest BCUT2D eigenvalue weighted by Gasteiger charge is -2.15. The summed E-state index contributed by atoms with van der Waals surface area (Å²) in [6.45, 7) is 0.132. The summed E-state index contributed by atoms with van der Waals surface area (Å²) in [5, 5.41) is 11.7. The molecule has 3 rings (SSSR count). The molecule has 0 saturated heterocycles. The Bertz CT molecular complexity index is 1160. The standard InChI is InChI=1S/C20H22BClFN5O4/c1-28-10-24-19-15(28)9-12(20(30)27-32-7-3-2-4-16(29)26-31)18(17(19)23)25-14-6-5-11(21)8-13(14)22/h5-6,8-10,25,31H,2-4,7,21H2,1H3,(H,26,29)(H,27,30). The van der Waals surface area contributed by atoms with Crippen LogP contribution in [0.4, 0.5) is 15.8 Å². The Kier molecular flexibility index (Phi) is 7.68. The van der Waals surface area contributed by atoms with Crippen LogP contribution in [0.1, 0.15) is 29.6 Å². The van der Waals surface area contributed by atoms with Gasteiger partial charge in [-0.15, -0.1) is 0 Å². The molecule has 4 N–H and O–H groups in total. The molecule has 0 aliphatic heterocycles. The fourth-order valence-electron chi connectivity index (χ4n) is 3.07. The number of anilines is 2. The zero-order valence-electron chi connectivity index (χ0n) is 17.5. The van der Waals surface area contributed by atoms with Crippen molar-refractivity contribution in [1.29, 1.82) is 0 Å². The molecule has 3 aromatic rings. The maximum Gasteiger partial charge on any atom is 0.277 e. The van der Waals surface area contributed by atoms with Gasteiger partial charge in [-0.1, -0.05) is 23.1 Å². The van der Waals surface area contributed by atoms with Crippen molar-refractivity contribution in [3.63, 3.8) is 0 Å². The largest absolute Gasteiger partial charge is 0.351 e. The number of nitrogens with zero attached hydrogens (tertiary/aromatic N) is 2. The van der Waals surface area contributed by atoms with Crippen LogP contribution in [0.5, 0.6) is 0 Å². The number of halogens is 2. The number of nitrogens with one attached hydrogen (secondary N) is 3. The molecule has 0 atom stereocenters. The maximum atomic E-state index is 15.3. The Labute approximate surface area is 189 Å². The van der Waals surface area contributed by atoms with E-state index in [2.05, 4.69) is 15.8 Å². The van der Waals surface area contributed by atoms with Gasteiger partial charge >= 0.3 is 0 Å². The highest BCUT2D eigenvalue weighted by Crippen LogP contribution is 2.32. The second-order valence-corrected chi connectivity index (χ2v) is 7.62. The molecule has 9 nitrogen and oxygen atoms in total. The lowest BCUT2D eigenvalue weighted by atomic mass is 9.96. The van der Waals surface area contributed by atoms with Gasteiger partial charge in [-0.25, -0.2) is 20.3 Å². The third-order valence-corrected chi connectivity index (χ3v) is 5.09. The second-order valence-electron chi connectivity index (χ2n) is 7.22. The number of aromatic nitrogens is 2. The highest BCUT2D eigenvalue weighted by molar-refractivity contribution is 6.37. The van der Waals surface area contributed by atoms with Crippen LogP contribution in [0.3, 0.4) is 0 Å². The van der Waals surface area contributed by atoms with Gasteiger partial charge in [0, 0.05) is 13.5 Å². The zero-order chi connectivity index (χ0) is 23.3. The molecule has 0 bridgehead atoms. The number of hydrogen-bond acceptors (Lipinski definition) is 6. The lowest BCUT2D eigenvalue weighted by Crippen LogP contribution is -2.25. The number of fused-ring (bicyclic) bond motifs is 1. The van der Waals surface area contributed by atoms with Gasteiger partial charge in [-0.3, -0.25) is 19.6 Å². The van der Waals surface area contributed by atoms with E-state index in [9.17, 15) is 9.59 Å². The molecule has 32 heavy (non-hydrogen) atoms. The van der Waals surface area contributed by atoms with Crippen LogP contribution >= 0.6 is 11.6 Å². The molecule has 12 heteroatoms. The van der Waals surface area contributed by atoms with Gasteiger partial charge in [-0.05, 0) is 31.0 Å². The molecule has 2 amide bonds. The van der Waals surface area contributed by atoms with Crippen molar-refractivity contribution in [2.24, 2.45) is 7.05 Å². The first kappa shape index (κ1) is 23.5. The summed E-state index contributed by atoms with van der Waals surface area (Å²) in [6, 6.07) is 6.74. The van der Waals surface area contributed by atoms with E-state index in [-0.39, 0.29) is 29.8 Å². The van der Waals surface area contributed by atoms with E-state index in [0.29, 0.717) is 29.1 Å². The Hall–Kier alpha value is -3.15. The third kappa shape index (κ3) is 5.36. The summed E-state index contributed by atoms with van der Waals surface area (Å²) in [6.07, 6.45) is 2.50. The van der Waals surface area contributed by atoms with Gasteiger partial charge in [0.25, 0.3) is 5.91 Å². The van der Waals surface area contributed by atoms with Crippen LogP contribution in [-0.4, -0.2) is 41.0 Å². The summed E-state index contributed by atoms with van der Waals surface area (Å²) >= 11 is 6.28. The Balaban J connectivity index is 1.81. The predicted molar refractivity (Wildman–Crippen MR) is 121 cm³/mol. The van der Waals surface area contributed by atoms with Crippen molar-refractivity contribution in [3.8, 4) is 0 Å². The Morgan fingerprint density at radius 3 is 2.81 bits per heavy atom. The van der Waals surface area contributed by atoms with Crippen molar-refractivity contribution in [2.45, 2.75) is 19.3 Å². The van der Waals surface area contributed by atoms with Crippen LogP contribution in [-0.2, 0) is 16.7 Å². The number of hydroxylamine groups is 2. The molecule has 0 aliphatic rings. The number of rotatable bonds is 9. The number of hydrogen-bond donors (Lipinski definition) is 4. The van der Waals surface area contributed by atoms with E-state index in [1.165, 1.54) is 12.4 Å². The molecule has 1 aromatic heterocycles. The number of unbranched alkanes of at least 4 members (excludes halogenated alkanes) is 1. The van der Waals surface area contributed by atoms with E-state index >= 15 is 4.39 Å². The highest BCUT2D eigenvalue weighted by Gasteiger charge is 2.22. The van der Waals surface area contributed by atoms with Gasteiger partial charge in [0.05, 0.1) is 40.4 Å². The quantitative estimate of drug-likeness (QED) is 0.167. The molecule has 0 saturated carbocycles. The molecule has 168 valence electrons. The van der Waals surface area contributed by atoms with Crippen molar-refractivity contribution in [1.82, 2.24) is 20.5 Å². The predicted octanol–water partition coefficient (Wildman–Crippen LogP) is 1.70. The van der Waals surface area contributed by atoms with Gasteiger partial charge in [0.2, 0.25) is 5.91 Å². The summed E-state index contributed by atoms with van der Waals surface area (Å²) in [4.78, 5) is 33.0. The minimum Gasteiger partial charge on any atom is -0.351 e. The molecule has 0 spiro atoms. The number of carbonyl (C=O) groups is 2. The minimum atomic E-state index is -0.695. The summed E-state index contributed by atoms with van der Waals surface area (Å²) in [5.74, 6) is -1.86. The van der Waals surface area contributed by atoms with Crippen molar-refractivity contribution < 1.29 is 24.0 Å². The van der Waals surface area contributed by atoms with Gasteiger partial charge in [0.15, 0.2) is 5.82 Å². The van der Waals surface area contributed by atoms with Crippen LogP contribution in [0.15, 0.2) is 30.6 Å². The SMILES string of the molecule is Bc1ccc(Nc2c(C(=O)NOCCCCC(=O)NO)cc3c(ncn3C)c2F)c(Cl)c1. The van der Waals surface area contributed by atoms with E-state index in [0.717, 1.165) is 5.46 Å². The average molecular weight is 462 g/mol. The van der Waals surface area contributed by atoms with E-state index < -0.39 is 17.6 Å². The first-order chi connectivity index (χ1) is 15.3. The highest BCUT2D eigenvalue weighted by atomic mass is 35.5. The smallest absolute Gasteiger partial charge is 0.277 e. The number of carbonyl (C=O) groups excluding carboxylic acids is 2. The molecule has 1 heterocycles. The third-order valence-electron chi connectivity index (χ3n) is 4.78. The first-order valence-electron chi connectivity index (χ1n) is 9.83. The molecule has 0 unspecified atom stereocenters.